The molecule has 0 fully saturated rings. The summed E-state index contributed by atoms with van der Waals surface area (Å²) in [5.41, 5.74) is 2.67. The molecule has 0 heterocycles. The molecule has 0 bridgehead atoms. The van der Waals surface area contributed by atoms with Crippen LogP contribution in [0.4, 0.5) is 17.6 Å². The Bertz CT molecular complexity index is 458. The Morgan fingerprint density at radius 3 is 2.29 bits per heavy atom. The highest BCUT2D eigenvalue weighted by Gasteiger charge is 2.40. The fourth-order valence-electron chi connectivity index (χ4n) is 1.21. The van der Waals surface area contributed by atoms with Crippen LogP contribution in [0, 0.1) is 5.82 Å². The molecule has 4 nitrogen and oxygen atoms in total. The summed E-state index contributed by atoms with van der Waals surface area (Å²) in [5.74, 6) is -4.54. The molecular formula is C9H7F4NO3. The van der Waals surface area contributed by atoms with E-state index in [2.05, 4.69) is 0 Å². The Kier molecular flexibility index (Phi) is 3.28. The molecule has 4 N–H and O–H groups in total. The molecule has 1 aromatic rings. The molecule has 1 aromatic carbocycles. The summed E-state index contributed by atoms with van der Waals surface area (Å²) in [5, 5.41) is 17.8. The van der Waals surface area contributed by atoms with Gasteiger partial charge in [-0.1, -0.05) is 6.07 Å². The maximum Gasteiger partial charge on any atom is 0.407 e. The third-order valence-electron chi connectivity index (χ3n) is 2.06. The highest BCUT2D eigenvalue weighted by molar-refractivity contribution is 5.91. The molecule has 0 amide bonds. The number of carboxylic acids is 1. The number of rotatable bonds is 2. The maximum atomic E-state index is 13.0. The quantitative estimate of drug-likeness (QED) is 0.701. The van der Waals surface area contributed by atoms with Gasteiger partial charge in [0, 0.05) is 5.56 Å². The Balaban J connectivity index is 3.39. The summed E-state index contributed by atoms with van der Waals surface area (Å²) in [7, 11) is 0. The van der Waals surface area contributed by atoms with Crippen molar-refractivity contribution in [1.29, 1.82) is 0 Å². The summed E-state index contributed by atoms with van der Waals surface area (Å²) in [6.07, 6.45) is -4.87. The number of carboxylic acid groups (broad SMARTS) is 1. The van der Waals surface area contributed by atoms with Crippen molar-refractivity contribution in [3.05, 3.63) is 29.1 Å². The second kappa shape index (κ2) is 4.21. The van der Waals surface area contributed by atoms with Gasteiger partial charge in [-0.25, -0.2) is 9.18 Å². The van der Waals surface area contributed by atoms with Crippen molar-refractivity contribution in [3.8, 4) is 5.75 Å². The number of halogens is 4. The van der Waals surface area contributed by atoms with Crippen LogP contribution in [0.2, 0.25) is 0 Å². The van der Waals surface area contributed by atoms with Gasteiger partial charge in [0.05, 0.1) is 0 Å². The van der Waals surface area contributed by atoms with E-state index in [9.17, 15) is 27.5 Å². The van der Waals surface area contributed by atoms with Gasteiger partial charge >= 0.3 is 12.1 Å². The van der Waals surface area contributed by atoms with Crippen LogP contribution in [0.25, 0.3) is 0 Å². The first-order chi connectivity index (χ1) is 7.66. The molecule has 0 spiro atoms. The fraction of sp³-hybridized carbons (Fsp3) is 0.222. The van der Waals surface area contributed by atoms with Gasteiger partial charge in [0.2, 0.25) is 0 Å². The number of aromatic hydroxyl groups is 1. The number of nitrogens with two attached hydrogens (primary N) is 1. The highest BCUT2D eigenvalue weighted by atomic mass is 19.4. The second-order valence-corrected chi connectivity index (χ2v) is 3.18. The molecule has 0 aromatic heterocycles. The van der Waals surface area contributed by atoms with Crippen LogP contribution in [0.5, 0.6) is 5.75 Å². The van der Waals surface area contributed by atoms with Crippen LogP contribution < -0.4 is 5.73 Å². The molecule has 94 valence electrons. The van der Waals surface area contributed by atoms with Gasteiger partial charge in [0.25, 0.3) is 0 Å². The average molecular weight is 253 g/mol. The number of hydrogen-bond acceptors (Lipinski definition) is 3. The zero-order valence-electron chi connectivity index (χ0n) is 8.12. The minimum absolute atomic E-state index is 0.504. The van der Waals surface area contributed by atoms with Crippen LogP contribution in [0.1, 0.15) is 22.0 Å². The Morgan fingerprint density at radius 1 is 1.35 bits per heavy atom. The molecule has 1 rings (SSSR count). The van der Waals surface area contributed by atoms with Crippen LogP contribution in [-0.2, 0) is 0 Å². The van der Waals surface area contributed by atoms with Crippen molar-refractivity contribution in [1.82, 2.24) is 0 Å². The largest absolute Gasteiger partial charge is 0.507 e. The molecule has 0 saturated carbocycles. The van der Waals surface area contributed by atoms with Gasteiger partial charge in [-0.15, -0.1) is 0 Å². The van der Waals surface area contributed by atoms with Gasteiger partial charge in [0.15, 0.2) is 0 Å². The zero-order valence-corrected chi connectivity index (χ0v) is 8.12. The topological polar surface area (TPSA) is 83.6 Å². The van der Waals surface area contributed by atoms with Crippen molar-refractivity contribution < 1.29 is 32.6 Å². The van der Waals surface area contributed by atoms with E-state index in [1.807, 2.05) is 0 Å². The number of phenols is 1. The zero-order chi connectivity index (χ0) is 13.4. The molecule has 0 unspecified atom stereocenters. The lowest BCUT2D eigenvalue weighted by Crippen LogP contribution is -2.28. The van der Waals surface area contributed by atoms with E-state index in [1.165, 1.54) is 0 Å². The molecular weight excluding hydrogens is 246 g/mol. The van der Waals surface area contributed by atoms with Gasteiger partial charge in [-0.05, 0) is 6.07 Å². The molecule has 0 saturated heterocycles. The SMILES string of the molecule is N[C@H](c1ccc(F)c(C(=O)O)c1O)C(F)(F)F. The molecule has 0 aliphatic heterocycles. The van der Waals surface area contributed by atoms with Crippen molar-refractivity contribution in [2.75, 3.05) is 0 Å². The minimum atomic E-state index is -4.87. The van der Waals surface area contributed by atoms with Gasteiger partial charge in [-0.2, -0.15) is 13.2 Å². The van der Waals surface area contributed by atoms with E-state index in [-0.39, 0.29) is 0 Å². The summed E-state index contributed by atoms with van der Waals surface area (Å²) < 4.78 is 49.8. The number of aromatic carboxylic acids is 1. The lowest BCUT2D eigenvalue weighted by Gasteiger charge is -2.17. The van der Waals surface area contributed by atoms with Crippen LogP contribution in [-0.4, -0.2) is 22.4 Å². The van der Waals surface area contributed by atoms with Crippen molar-refractivity contribution in [3.63, 3.8) is 0 Å². The summed E-state index contributed by atoms with van der Waals surface area (Å²) in [6.45, 7) is 0. The van der Waals surface area contributed by atoms with E-state index in [0.29, 0.717) is 12.1 Å². The first-order valence-electron chi connectivity index (χ1n) is 4.23. The Hall–Kier alpha value is -1.83. The number of carbonyl (C=O) groups is 1. The van der Waals surface area contributed by atoms with Gasteiger partial charge < -0.3 is 15.9 Å². The first kappa shape index (κ1) is 13.2. The summed E-state index contributed by atoms with van der Waals surface area (Å²) in [6, 6.07) is -1.49. The Morgan fingerprint density at radius 2 is 1.88 bits per heavy atom. The van der Waals surface area contributed by atoms with E-state index < -0.39 is 40.9 Å². The predicted molar refractivity (Wildman–Crippen MR) is 48.0 cm³/mol. The molecule has 0 aliphatic carbocycles. The third kappa shape index (κ3) is 2.47. The van der Waals surface area contributed by atoms with Crippen molar-refractivity contribution in [2.45, 2.75) is 12.2 Å². The monoisotopic (exact) mass is 253 g/mol. The first-order valence-corrected chi connectivity index (χ1v) is 4.23. The van der Waals surface area contributed by atoms with Crippen LogP contribution in [0.15, 0.2) is 12.1 Å². The molecule has 1 atom stereocenters. The fourth-order valence-corrected chi connectivity index (χ4v) is 1.21. The van der Waals surface area contributed by atoms with E-state index in [4.69, 9.17) is 10.8 Å². The average Bonchev–Trinajstić information content (AvgIpc) is 2.15. The molecule has 17 heavy (non-hydrogen) atoms. The maximum absolute atomic E-state index is 13.0. The van der Waals surface area contributed by atoms with Gasteiger partial charge in [-0.3, -0.25) is 0 Å². The normalized spacial score (nSPS) is 13.5. The van der Waals surface area contributed by atoms with E-state index >= 15 is 0 Å². The lowest BCUT2D eigenvalue weighted by molar-refractivity contribution is -0.149. The van der Waals surface area contributed by atoms with Crippen LogP contribution >= 0.6 is 0 Å². The molecule has 8 heteroatoms. The summed E-state index contributed by atoms with van der Waals surface area (Å²) in [4.78, 5) is 10.5. The number of hydrogen-bond donors (Lipinski definition) is 3. The van der Waals surface area contributed by atoms with E-state index in [1.54, 1.807) is 0 Å². The minimum Gasteiger partial charge on any atom is -0.507 e. The predicted octanol–water partition coefficient (Wildman–Crippen LogP) is 1.79. The highest BCUT2D eigenvalue weighted by Crippen LogP contribution is 2.37. The summed E-state index contributed by atoms with van der Waals surface area (Å²) >= 11 is 0. The van der Waals surface area contributed by atoms with Gasteiger partial charge in [0.1, 0.15) is 23.2 Å². The number of benzene rings is 1. The molecule has 0 aliphatic rings. The van der Waals surface area contributed by atoms with Crippen molar-refractivity contribution in [2.24, 2.45) is 5.73 Å². The molecule has 0 radical (unpaired) electrons. The Labute approximate surface area is 92.3 Å². The standard InChI is InChI=1S/C9H7F4NO3/c10-4-2-1-3(7(14)9(11,12)13)6(15)5(4)8(16)17/h1-2,7,15H,14H2,(H,16,17)/t7-/m1/s1. The third-order valence-corrected chi connectivity index (χ3v) is 2.06. The van der Waals surface area contributed by atoms with Crippen LogP contribution in [0.3, 0.4) is 0 Å². The smallest absolute Gasteiger partial charge is 0.407 e. The number of alkyl halides is 3. The van der Waals surface area contributed by atoms with E-state index in [0.717, 1.165) is 0 Å². The van der Waals surface area contributed by atoms with Crippen molar-refractivity contribution >= 4 is 5.97 Å². The second-order valence-electron chi connectivity index (χ2n) is 3.18. The lowest BCUT2D eigenvalue weighted by atomic mass is 10.0.